The zero-order chi connectivity index (χ0) is 15.0. The molecular formula is C13H15N3O5. The molecule has 1 aromatic carbocycles. The van der Waals surface area contributed by atoms with E-state index in [1.165, 1.54) is 4.90 Å². The van der Waals surface area contributed by atoms with E-state index in [-0.39, 0.29) is 25.6 Å². The number of nitrogens with zero attached hydrogens (tertiary/aromatic N) is 1. The van der Waals surface area contributed by atoms with Crippen LogP contribution in [-0.2, 0) is 9.53 Å². The molecule has 1 saturated heterocycles. The Bertz CT molecular complexity index is 591. The number of carbonyl (C=O) groups is 2. The van der Waals surface area contributed by atoms with Gasteiger partial charge >= 0.3 is 6.09 Å². The Morgan fingerprint density at radius 2 is 2.29 bits per heavy atom. The molecule has 112 valence electrons. The maximum atomic E-state index is 11.9. The van der Waals surface area contributed by atoms with E-state index in [0.717, 1.165) is 0 Å². The Labute approximate surface area is 120 Å². The Morgan fingerprint density at radius 3 is 3.05 bits per heavy atom. The quantitative estimate of drug-likeness (QED) is 0.702. The second kappa shape index (κ2) is 5.23. The van der Waals surface area contributed by atoms with Gasteiger partial charge in [0.15, 0.2) is 6.61 Å². The van der Waals surface area contributed by atoms with Crippen LogP contribution >= 0.6 is 0 Å². The fourth-order valence-corrected chi connectivity index (χ4v) is 2.29. The predicted molar refractivity (Wildman–Crippen MR) is 73.2 cm³/mol. The third kappa shape index (κ3) is 2.50. The predicted octanol–water partition coefficient (Wildman–Crippen LogP) is -0.338. The van der Waals surface area contributed by atoms with Crippen LogP contribution in [0.15, 0.2) is 18.2 Å². The maximum Gasteiger partial charge on any atom is 0.414 e. The van der Waals surface area contributed by atoms with E-state index in [1.54, 1.807) is 18.2 Å². The highest BCUT2D eigenvalue weighted by atomic mass is 16.6. The Balaban J connectivity index is 1.83. The number of cyclic esters (lactones) is 1. The molecule has 0 saturated carbocycles. The minimum atomic E-state index is -0.903. The molecule has 1 aromatic rings. The normalized spacial score (nSPS) is 22.2. The lowest BCUT2D eigenvalue weighted by Crippen LogP contribution is -2.36. The molecule has 2 aliphatic heterocycles. The number of anilines is 2. The van der Waals surface area contributed by atoms with Crippen molar-refractivity contribution in [2.75, 3.05) is 29.9 Å². The second-order valence-corrected chi connectivity index (χ2v) is 4.85. The van der Waals surface area contributed by atoms with Crippen LogP contribution < -0.4 is 20.7 Å². The van der Waals surface area contributed by atoms with E-state index in [0.29, 0.717) is 17.1 Å². The van der Waals surface area contributed by atoms with E-state index >= 15 is 0 Å². The first-order valence-electron chi connectivity index (χ1n) is 6.51. The highest BCUT2D eigenvalue weighted by Crippen LogP contribution is 2.33. The second-order valence-electron chi connectivity index (χ2n) is 4.85. The average molecular weight is 293 g/mol. The van der Waals surface area contributed by atoms with Gasteiger partial charge in [-0.05, 0) is 18.2 Å². The van der Waals surface area contributed by atoms with Crippen molar-refractivity contribution in [3.8, 4) is 5.75 Å². The Hall–Kier alpha value is -2.32. The molecule has 21 heavy (non-hydrogen) atoms. The van der Waals surface area contributed by atoms with Crippen LogP contribution in [0.4, 0.5) is 16.2 Å². The van der Waals surface area contributed by atoms with Crippen molar-refractivity contribution >= 4 is 23.4 Å². The molecule has 0 unspecified atom stereocenters. The number of aliphatic hydroxyl groups is 1. The van der Waals surface area contributed by atoms with Crippen LogP contribution in [0.5, 0.6) is 5.75 Å². The zero-order valence-electron chi connectivity index (χ0n) is 11.1. The van der Waals surface area contributed by atoms with E-state index in [9.17, 15) is 14.7 Å². The topological polar surface area (TPSA) is 114 Å². The van der Waals surface area contributed by atoms with E-state index in [2.05, 4.69) is 5.32 Å². The minimum absolute atomic E-state index is 0.0138. The number of fused-ring (bicyclic) bond motifs is 1. The number of hydrogen-bond donors (Lipinski definition) is 3. The zero-order valence-corrected chi connectivity index (χ0v) is 11.1. The summed E-state index contributed by atoms with van der Waals surface area (Å²) in [6.07, 6.45) is -2.13. The van der Waals surface area contributed by atoms with E-state index in [1.807, 2.05) is 0 Å². The smallest absolute Gasteiger partial charge is 0.414 e. The first kappa shape index (κ1) is 13.7. The standard InChI is InChI=1S/C13H15N3O5/c14-4-9(17)11-5-16(13(19)21-11)7-1-2-10-8(3-7)15-12(18)6-20-10/h1-3,9,11,17H,4-6,14H2,(H,15,18)/t9-,11-/m1/s1. The number of aliphatic hydroxyl groups excluding tert-OH is 1. The lowest BCUT2D eigenvalue weighted by Gasteiger charge is -2.21. The number of nitrogens with two attached hydrogens (primary N) is 1. The molecule has 0 aromatic heterocycles. The first-order chi connectivity index (χ1) is 10.1. The number of benzene rings is 1. The monoisotopic (exact) mass is 293 g/mol. The molecular weight excluding hydrogens is 278 g/mol. The largest absolute Gasteiger partial charge is 0.482 e. The molecule has 2 heterocycles. The fourth-order valence-electron chi connectivity index (χ4n) is 2.29. The molecule has 0 bridgehead atoms. The molecule has 2 amide bonds. The molecule has 4 N–H and O–H groups in total. The summed E-state index contributed by atoms with van der Waals surface area (Å²) in [7, 11) is 0. The van der Waals surface area contributed by atoms with Crippen LogP contribution in [0.25, 0.3) is 0 Å². The van der Waals surface area contributed by atoms with Crippen molar-refractivity contribution < 1.29 is 24.2 Å². The highest BCUT2D eigenvalue weighted by molar-refractivity contribution is 5.97. The molecule has 0 aliphatic carbocycles. The van der Waals surface area contributed by atoms with Gasteiger partial charge in [0.1, 0.15) is 18.0 Å². The van der Waals surface area contributed by atoms with Crippen molar-refractivity contribution in [3.05, 3.63) is 18.2 Å². The summed E-state index contributed by atoms with van der Waals surface area (Å²) in [5.74, 6) is 0.296. The molecule has 8 heteroatoms. The summed E-state index contributed by atoms with van der Waals surface area (Å²) in [5.41, 5.74) is 6.42. The number of carbonyl (C=O) groups excluding carboxylic acids is 2. The molecule has 3 rings (SSSR count). The fraction of sp³-hybridized carbons (Fsp3) is 0.385. The molecule has 0 spiro atoms. The molecule has 2 atom stereocenters. The maximum absolute atomic E-state index is 11.9. The SMILES string of the molecule is NC[C@@H](O)[C@H]1CN(c2ccc3c(c2)NC(=O)CO3)C(=O)O1. The third-order valence-corrected chi connectivity index (χ3v) is 3.41. The first-order valence-corrected chi connectivity index (χ1v) is 6.51. The van der Waals surface area contributed by atoms with Gasteiger partial charge in [0.2, 0.25) is 0 Å². The minimum Gasteiger partial charge on any atom is -0.482 e. The lowest BCUT2D eigenvalue weighted by molar-refractivity contribution is -0.118. The Kier molecular flexibility index (Phi) is 3.40. The van der Waals surface area contributed by atoms with Gasteiger partial charge in [0.05, 0.1) is 12.2 Å². The van der Waals surface area contributed by atoms with Gasteiger partial charge in [-0.3, -0.25) is 9.69 Å². The van der Waals surface area contributed by atoms with Gasteiger partial charge in [0, 0.05) is 12.2 Å². The Morgan fingerprint density at radius 1 is 1.48 bits per heavy atom. The summed E-state index contributed by atoms with van der Waals surface area (Å²) in [4.78, 5) is 24.6. The summed E-state index contributed by atoms with van der Waals surface area (Å²) < 4.78 is 10.3. The molecule has 2 aliphatic rings. The number of rotatable bonds is 3. The number of nitrogens with one attached hydrogen (secondary N) is 1. The number of hydrogen-bond acceptors (Lipinski definition) is 6. The van der Waals surface area contributed by atoms with Crippen molar-refractivity contribution in [2.45, 2.75) is 12.2 Å². The van der Waals surface area contributed by atoms with Crippen molar-refractivity contribution in [1.82, 2.24) is 0 Å². The van der Waals surface area contributed by atoms with Gasteiger partial charge in [-0.1, -0.05) is 0 Å². The van der Waals surface area contributed by atoms with E-state index in [4.69, 9.17) is 15.2 Å². The third-order valence-electron chi connectivity index (χ3n) is 3.41. The van der Waals surface area contributed by atoms with Crippen molar-refractivity contribution in [1.29, 1.82) is 0 Å². The van der Waals surface area contributed by atoms with Crippen LogP contribution in [0.1, 0.15) is 0 Å². The van der Waals surface area contributed by atoms with Gasteiger partial charge < -0.3 is 25.6 Å². The molecule has 8 nitrogen and oxygen atoms in total. The van der Waals surface area contributed by atoms with Crippen LogP contribution in [0.3, 0.4) is 0 Å². The van der Waals surface area contributed by atoms with E-state index < -0.39 is 18.3 Å². The van der Waals surface area contributed by atoms with Gasteiger partial charge in [-0.25, -0.2) is 4.79 Å². The summed E-state index contributed by atoms with van der Waals surface area (Å²) >= 11 is 0. The van der Waals surface area contributed by atoms with Crippen molar-refractivity contribution in [3.63, 3.8) is 0 Å². The van der Waals surface area contributed by atoms with Crippen LogP contribution in [0, 0.1) is 0 Å². The molecule has 1 fully saturated rings. The average Bonchev–Trinajstić information content (AvgIpc) is 2.87. The van der Waals surface area contributed by atoms with Gasteiger partial charge in [0.25, 0.3) is 5.91 Å². The van der Waals surface area contributed by atoms with Crippen LogP contribution in [-0.4, -0.2) is 49.0 Å². The van der Waals surface area contributed by atoms with Gasteiger partial charge in [-0.2, -0.15) is 0 Å². The van der Waals surface area contributed by atoms with Crippen LogP contribution in [0.2, 0.25) is 0 Å². The summed E-state index contributed by atoms with van der Waals surface area (Å²) in [6.45, 7) is 0.188. The summed E-state index contributed by atoms with van der Waals surface area (Å²) in [5, 5.41) is 12.3. The highest BCUT2D eigenvalue weighted by Gasteiger charge is 2.36. The summed E-state index contributed by atoms with van der Waals surface area (Å²) in [6, 6.07) is 4.99. The van der Waals surface area contributed by atoms with Crippen molar-refractivity contribution in [2.24, 2.45) is 5.73 Å². The van der Waals surface area contributed by atoms with Gasteiger partial charge in [-0.15, -0.1) is 0 Å². The number of amides is 2. The lowest BCUT2D eigenvalue weighted by atomic mass is 10.2. The number of ether oxygens (including phenoxy) is 2. The molecule has 0 radical (unpaired) electrons.